The minimum absolute atomic E-state index is 0.0512. The quantitative estimate of drug-likeness (QED) is 0.510. The van der Waals surface area contributed by atoms with Gasteiger partial charge in [-0.3, -0.25) is 9.78 Å². The van der Waals surface area contributed by atoms with Crippen molar-refractivity contribution in [2.45, 2.75) is 18.8 Å². The van der Waals surface area contributed by atoms with Crippen molar-refractivity contribution in [1.29, 1.82) is 0 Å². The summed E-state index contributed by atoms with van der Waals surface area (Å²) in [7, 11) is 0. The highest BCUT2D eigenvalue weighted by Gasteiger charge is 2.28. The normalized spacial score (nSPS) is 13.8. The van der Waals surface area contributed by atoms with Crippen LogP contribution in [0.2, 0.25) is 0 Å². The van der Waals surface area contributed by atoms with E-state index in [-0.39, 0.29) is 5.78 Å². The number of rotatable bonds is 4. The van der Waals surface area contributed by atoms with Crippen LogP contribution in [0.3, 0.4) is 0 Å². The van der Waals surface area contributed by atoms with Gasteiger partial charge in [-0.2, -0.15) is 0 Å². The number of pyridine rings is 2. The Labute approximate surface area is 160 Å². The van der Waals surface area contributed by atoms with Crippen molar-refractivity contribution < 1.29 is 4.79 Å². The molecule has 0 bridgehead atoms. The van der Waals surface area contributed by atoms with Gasteiger partial charge in [0.25, 0.3) is 0 Å². The fourth-order valence-electron chi connectivity index (χ4n) is 3.38. The highest BCUT2D eigenvalue weighted by Crippen LogP contribution is 2.45. The maximum absolute atomic E-state index is 13.0. The summed E-state index contributed by atoms with van der Waals surface area (Å²) in [4.78, 5) is 23.4. The molecule has 4 nitrogen and oxygen atoms in total. The van der Waals surface area contributed by atoms with Gasteiger partial charge in [0.2, 0.25) is 5.78 Å². The molecule has 0 saturated heterocycles. The van der Waals surface area contributed by atoms with Crippen LogP contribution < -0.4 is 5.73 Å². The molecule has 3 heterocycles. The first-order valence-electron chi connectivity index (χ1n) is 8.95. The molecule has 2 N–H and O–H groups in total. The number of anilines is 1. The molecule has 5 rings (SSSR count). The molecule has 0 radical (unpaired) electrons. The smallest absolute Gasteiger partial charge is 0.205 e. The van der Waals surface area contributed by atoms with E-state index in [0.717, 1.165) is 27.0 Å². The predicted molar refractivity (Wildman–Crippen MR) is 109 cm³/mol. The van der Waals surface area contributed by atoms with Crippen molar-refractivity contribution >= 4 is 33.0 Å². The summed E-state index contributed by atoms with van der Waals surface area (Å²) in [5, 5.41) is 0.870. The Bertz CT molecular complexity index is 1150. The van der Waals surface area contributed by atoms with Crippen LogP contribution in [0.1, 0.15) is 39.7 Å². The van der Waals surface area contributed by atoms with Gasteiger partial charge < -0.3 is 5.73 Å². The Kier molecular flexibility index (Phi) is 3.76. The van der Waals surface area contributed by atoms with Crippen LogP contribution in [0.15, 0.2) is 60.9 Å². The zero-order valence-corrected chi connectivity index (χ0v) is 15.4. The van der Waals surface area contributed by atoms with Gasteiger partial charge in [0, 0.05) is 35.0 Å². The van der Waals surface area contributed by atoms with Crippen molar-refractivity contribution in [1.82, 2.24) is 9.97 Å². The van der Waals surface area contributed by atoms with Gasteiger partial charge >= 0.3 is 0 Å². The zero-order valence-electron chi connectivity index (χ0n) is 14.6. The lowest BCUT2D eigenvalue weighted by Gasteiger charge is -2.08. The first kappa shape index (κ1) is 16.1. The number of nitrogens with zero attached hydrogens (tertiary/aromatic N) is 2. The van der Waals surface area contributed by atoms with Crippen LogP contribution in [0.4, 0.5) is 5.69 Å². The van der Waals surface area contributed by atoms with Crippen LogP contribution in [0.25, 0.3) is 21.3 Å². The third-order valence-electron chi connectivity index (χ3n) is 4.95. The van der Waals surface area contributed by atoms with Gasteiger partial charge in [-0.1, -0.05) is 30.3 Å². The molecule has 5 heteroatoms. The molecule has 1 aliphatic rings. The number of nitrogen functional groups attached to an aromatic ring is 1. The molecule has 132 valence electrons. The number of fused-ring (bicyclic) bond motifs is 1. The molecule has 0 aliphatic heterocycles. The predicted octanol–water partition coefficient (Wildman–Crippen LogP) is 5.05. The molecular weight excluding hydrogens is 354 g/mol. The Hall–Kier alpha value is -3.05. The van der Waals surface area contributed by atoms with Gasteiger partial charge in [-0.15, -0.1) is 11.3 Å². The number of thiophene rings is 1. The SMILES string of the molecule is Nc1c(C(=O)c2ccccc2)sc2nc(C3CC3)cc(-c3ccncc3)c12. The number of carbonyl (C=O) groups excluding carboxylic acids is 1. The molecule has 1 saturated carbocycles. The summed E-state index contributed by atoms with van der Waals surface area (Å²) in [6.45, 7) is 0. The molecule has 27 heavy (non-hydrogen) atoms. The lowest BCUT2D eigenvalue weighted by atomic mass is 10.0. The van der Waals surface area contributed by atoms with E-state index in [9.17, 15) is 4.79 Å². The average Bonchev–Trinajstić information content (AvgIpc) is 3.52. The van der Waals surface area contributed by atoms with E-state index in [0.29, 0.717) is 22.0 Å². The Balaban J connectivity index is 1.74. The van der Waals surface area contributed by atoms with Gasteiger partial charge in [0.05, 0.1) is 5.69 Å². The Morgan fingerprint density at radius 3 is 2.52 bits per heavy atom. The van der Waals surface area contributed by atoms with E-state index in [4.69, 9.17) is 10.7 Å². The van der Waals surface area contributed by atoms with Crippen LogP contribution >= 0.6 is 11.3 Å². The second kappa shape index (κ2) is 6.28. The van der Waals surface area contributed by atoms with Crippen molar-refractivity contribution in [2.75, 3.05) is 5.73 Å². The van der Waals surface area contributed by atoms with Gasteiger partial charge in [0.15, 0.2) is 0 Å². The minimum atomic E-state index is -0.0512. The first-order valence-corrected chi connectivity index (χ1v) is 9.77. The summed E-state index contributed by atoms with van der Waals surface area (Å²) in [6, 6.07) is 15.3. The molecule has 1 aliphatic carbocycles. The summed E-state index contributed by atoms with van der Waals surface area (Å²) in [6.07, 6.45) is 5.89. The number of hydrogen-bond donors (Lipinski definition) is 1. The second-order valence-corrected chi connectivity index (χ2v) is 7.82. The van der Waals surface area contributed by atoms with Gasteiger partial charge in [0.1, 0.15) is 9.71 Å². The highest BCUT2D eigenvalue weighted by atomic mass is 32.1. The van der Waals surface area contributed by atoms with Crippen LogP contribution in [-0.2, 0) is 0 Å². The zero-order chi connectivity index (χ0) is 18.4. The van der Waals surface area contributed by atoms with Crippen LogP contribution in [0, 0.1) is 0 Å². The molecule has 1 fully saturated rings. The largest absolute Gasteiger partial charge is 0.397 e. The summed E-state index contributed by atoms with van der Waals surface area (Å²) >= 11 is 1.39. The number of nitrogens with two attached hydrogens (primary N) is 1. The van der Waals surface area contributed by atoms with Crippen LogP contribution in [-0.4, -0.2) is 15.8 Å². The molecule has 0 atom stereocenters. The van der Waals surface area contributed by atoms with E-state index in [1.54, 1.807) is 12.4 Å². The topological polar surface area (TPSA) is 68.9 Å². The fourth-order valence-corrected chi connectivity index (χ4v) is 4.47. The Morgan fingerprint density at radius 1 is 1.07 bits per heavy atom. The fraction of sp³-hybridized carbons (Fsp3) is 0.136. The number of ketones is 1. The standard InChI is InChI=1S/C22H17N3OS/c23-19-18-16(13-8-10-24-11-9-13)12-17(14-6-7-14)25-22(18)27-21(19)20(26)15-4-2-1-3-5-15/h1-5,8-12,14H,6-7,23H2. The lowest BCUT2D eigenvalue weighted by Crippen LogP contribution is -2.01. The molecule has 0 amide bonds. The monoisotopic (exact) mass is 371 g/mol. The van der Waals surface area contributed by atoms with E-state index >= 15 is 0 Å². The number of hydrogen-bond acceptors (Lipinski definition) is 5. The summed E-state index contributed by atoms with van der Waals surface area (Å²) in [5.41, 5.74) is 10.8. The molecular formula is C22H17N3OS. The van der Waals surface area contributed by atoms with E-state index in [1.807, 2.05) is 42.5 Å². The van der Waals surface area contributed by atoms with E-state index in [1.165, 1.54) is 24.2 Å². The molecule has 3 aromatic heterocycles. The second-order valence-electron chi connectivity index (χ2n) is 6.83. The van der Waals surface area contributed by atoms with Crippen molar-refractivity contribution in [3.05, 3.63) is 77.1 Å². The average molecular weight is 371 g/mol. The summed E-state index contributed by atoms with van der Waals surface area (Å²) < 4.78 is 0. The molecule has 4 aromatic rings. The molecule has 0 unspecified atom stereocenters. The number of carbonyl (C=O) groups is 1. The lowest BCUT2D eigenvalue weighted by molar-refractivity contribution is 0.104. The number of aromatic nitrogens is 2. The Morgan fingerprint density at radius 2 is 1.81 bits per heavy atom. The van der Waals surface area contributed by atoms with Crippen molar-refractivity contribution in [3.63, 3.8) is 0 Å². The van der Waals surface area contributed by atoms with Crippen molar-refractivity contribution in [3.8, 4) is 11.1 Å². The maximum atomic E-state index is 13.0. The van der Waals surface area contributed by atoms with Gasteiger partial charge in [-0.05, 0) is 42.2 Å². The first-order chi connectivity index (χ1) is 13.2. The third-order valence-corrected chi connectivity index (χ3v) is 6.05. The number of benzene rings is 1. The maximum Gasteiger partial charge on any atom is 0.205 e. The highest BCUT2D eigenvalue weighted by molar-refractivity contribution is 7.21. The van der Waals surface area contributed by atoms with Gasteiger partial charge in [-0.25, -0.2) is 4.98 Å². The van der Waals surface area contributed by atoms with E-state index in [2.05, 4.69) is 11.1 Å². The molecule has 0 spiro atoms. The summed E-state index contributed by atoms with van der Waals surface area (Å²) in [5.74, 6) is 0.469. The van der Waals surface area contributed by atoms with Crippen molar-refractivity contribution in [2.24, 2.45) is 0 Å². The van der Waals surface area contributed by atoms with Crippen LogP contribution in [0.5, 0.6) is 0 Å². The third kappa shape index (κ3) is 2.80. The van der Waals surface area contributed by atoms with E-state index < -0.39 is 0 Å². The molecule has 1 aromatic carbocycles. The minimum Gasteiger partial charge on any atom is -0.397 e.